The predicted octanol–water partition coefficient (Wildman–Crippen LogP) is 3.15. The Morgan fingerprint density at radius 3 is 2.88 bits per heavy atom. The van der Waals surface area contributed by atoms with Gasteiger partial charge in [-0.25, -0.2) is 0 Å². The summed E-state index contributed by atoms with van der Waals surface area (Å²) in [6.45, 7) is 2.80. The molecule has 1 aliphatic carbocycles. The van der Waals surface area contributed by atoms with Crippen molar-refractivity contribution in [1.29, 1.82) is 0 Å². The monoisotopic (exact) mass is 299 g/mol. The van der Waals surface area contributed by atoms with Gasteiger partial charge in [0.05, 0.1) is 6.54 Å². The van der Waals surface area contributed by atoms with E-state index in [4.69, 9.17) is 4.42 Å². The number of furan rings is 1. The molecule has 1 aromatic rings. The minimum atomic E-state index is 0.139. The van der Waals surface area contributed by atoms with E-state index in [1.165, 1.54) is 6.42 Å². The van der Waals surface area contributed by atoms with E-state index in [9.17, 15) is 4.79 Å². The second kappa shape index (κ2) is 5.25. The minimum absolute atomic E-state index is 0.139. The van der Waals surface area contributed by atoms with E-state index in [-0.39, 0.29) is 5.91 Å². The summed E-state index contributed by atoms with van der Waals surface area (Å²) in [4.78, 5) is 13.3. The van der Waals surface area contributed by atoms with Crippen molar-refractivity contribution in [1.82, 2.24) is 4.90 Å². The van der Waals surface area contributed by atoms with Gasteiger partial charge in [-0.1, -0.05) is 22.9 Å². The molecule has 0 aliphatic heterocycles. The number of hydrogen-bond acceptors (Lipinski definition) is 2. The first-order valence-electron chi connectivity index (χ1n) is 6.00. The number of alkyl halides is 1. The average molecular weight is 300 g/mol. The Morgan fingerprint density at radius 2 is 2.29 bits per heavy atom. The molecule has 2 atom stereocenters. The fourth-order valence-corrected chi connectivity index (χ4v) is 2.33. The van der Waals surface area contributed by atoms with Crippen molar-refractivity contribution in [2.24, 2.45) is 5.92 Å². The van der Waals surface area contributed by atoms with Gasteiger partial charge < -0.3 is 9.32 Å². The molecule has 1 heterocycles. The molecule has 3 nitrogen and oxygen atoms in total. The summed E-state index contributed by atoms with van der Waals surface area (Å²) >= 11 is 3.27. The molecule has 0 saturated heterocycles. The van der Waals surface area contributed by atoms with Crippen LogP contribution in [0.3, 0.4) is 0 Å². The first-order valence-corrected chi connectivity index (χ1v) is 7.12. The summed E-state index contributed by atoms with van der Waals surface area (Å²) in [5.74, 6) is 3.45. The molecule has 0 aromatic carbocycles. The van der Waals surface area contributed by atoms with Gasteiger partial charge in [0, 0.05) is 24.7 Å². The third-order valence-electron chi connectivity index (χ3n) is 3.28. The highest BCUT2D eigenvalue weighted by atomic mass is 79.9. The highest BCUT2D eigenvalue weighted by Crippen LogP contribution is 2.47. The number of amides is 1. The fraction of sp³-hybridized carbons (Fsp3) is 0.615. The third-order valence-corrected chi connectivity index (χ3v) is 3.68. The van der Waals surface area contributed by atoms with Crippen molar-refractivity contribution >= 4 is 21.8 Å². The molecule has 1 fully saturated rings. The summed E-state index contributed by atoms with van der Waals surface area (Å²) in [6.07, 6.45) is 1.76. The van der Waals surface area contributed by atoms with E-state index in [1.807, 2.05) is 19.2 Å². The first-order chi connectivity index (χ1) is 8.11. The van der Waals surface area contributed by atoms with Crippen LogP contribution in [0.15, 0.2) is 16.5 Å². The number of rotatable bonds is 5. The molecule has 4 heteroatoms. The Balaban J connectivity index is 1.90. The molecular weight excluding hydrogens is 282 g/mol. The molecular formula is C13H18BrNO2. The highest BCUT2D eigenvalue weighted by Gasteiger charge is 2.36. The molecule has 1 aromatic heterocycles. The van der Waals surface area contributed by atoms with E-state index in [2.05, 4.69) is 22.9 Å². The summed E-state index contributed by atoms with van der Waals surface area (Å²) in [6, 6.07) is 4.03. The van der Waals surface area contributed by atoms with Crippen molar-refractivity contribution in [2.45, 2.75) is 32.2 Å². The van der Waals surface area contributed by atoms with Crippen LogP contribution in [-0.4, -0.2) is 23.2 Å². The molecule has 0 spiro atoms. The van der Waals surface area contributed by atoms with Gasteiger partial charge in [-0.2, -0.15) is 0 Å². The van der Waals surface area contributed by atoms with Crippen LogP contribution >= 0.6 is 15.9 Å². The Kier molecular flexibility index (Phi) is 3.92. The van der Waals surface area contributed by atoms with Crippen LogP contribution in [0.25, 0.3) is 0 Å². The van der Waals surface area contributed by atoms with E-state index >= 15 is 0 Å². The van der Waals surface area contributed by atoms with Gasteiger partial charge in [-0.3, -0.25) is 4.79 Å². The SMILES string of the molecule is CC1CC1c1ccc(CN(C)C(=O)CCBr)o1. The molecule has 1 amide bonds. The largest absolute Gasteiger partial charge is 0.464 e. The standard InChI is InChI=1S/C13H18BrNO2/c1-9-7-11(9)12-4-3-10(17-12)8-15(2)13(16)5-6-14/h3-4,9,11H,5-8H2,1-2H3. The zero-order chi connectivity index (χ0) is 12.4. The second-order valence-corrected chi connectivity index (χ2v) is 5.61. The Hall–Kier alpha value is -0.770. The minimum Gasteiger partial charge on any atom is -0.464 e. The van der Waals surface area contributed by atoms with Crippen molar-refractivity contribution in [3.05, 3.63) is 23.7 Å². The first kappa shape index (κ1) is 12.7. The van der Waals surface area contributed by atoms with Crippen molar-refractivity contribution in [3.63, 3.8) is 0 Å². The van der Waals surface area contributed by atoms with Crippen LogP contribution < -0.4 is 0 Å². The summed E-state index contributed by atoms with van der Waals surface area (Å²) in [5.41, 5.74) is 0. The molecule has 1 saturated carbocycles. The molecule has 0 radical (unpaired) electrons. The third kappa shape index (κ3) is 3.12. The molecule has 2 rings (SSSR count). The Morgan fingerprint density at radius 1 is 1.59 bits per heavy atom. The van der Waals surface area contributed by atoms with Gasteiger partial charge in [-0.15, -0.1) is 0 Å². The lowest BCUT2D eigenvalue weighted by Crippen LogP contribution is -2.25. The zero-order valence-corrected chi connectivity index (χ0v) is 11.9. The lowest BCUT2D eigenvalue weighted by molar-refractivity contribution is -0.130. The fourth-order valence-electron chi connectivity index (χ4n) is 1.99. The molecule has 94 valence electrons. The number of hydrogen-bond donors (Lipinski definition) is 0. The quantitative estimate of drug-likeness (QED) is 0.783. The molecule has 2 unspecified atom stereocenters. The number of nitrogens with zero attached hydrogens (tertiary/aromatic N) is 1. The van der Waals surface area contributed by atoms with E-state index in [1.54, 1.807) is 4.90 Å². The maximum absolute atomic E-state index is 11.6. The maximum atomic E-state index is 11.6. The number of carbonyl (C=O) groups excluding carboxylic acids is 1. The Bertz CT molecular complexity index is 402. The van der Waals surface area contributed by atoms with Crippen LogP contribution in [0.2, 0.25) is 0 Å². The van der Waals surface area contributed by atoms with Crippen molar-refractivity contribution in [2.75, 3.05) is 12.4 Å². The van der Waals surface area contributed by atoms with Crippen molar-refractivity contribution in [3.8, 4) is 0 Å². The van der Waals surface area contributed by atoms with E-state index in [0.29, 0.717) is 24.2 Å². The number of halogens is 1. The van der Waals surface area contributed by atoms with Crippen LogP contribution in [0.5, 0.6) is 0 Å². The van der Waals surface area contributed by atoms with Crippen LogP contribution in [0.4, 0.5) is 0 Å². The van der Waals surface area contributed by atoms with Gasteiger partial charge >= 0.3 is 0 Å². The number of carbonyl (C=O) groups is 1. The summed E-state index contributed by atoms with van der Waals surface area (Å²) in [5, 5.41) is 0.708. The van der Waals surface area contributed by atoms with E-state index < -0.39 is 0 Å². The molecule has 0 N–H and O–H groups in total. The predicted molar refractivity (Wildman–Crippen MR) is 70.1 cm³/mol. The lowest BCUT2D eigenvalue weighted by Gasteiger charge is -2.14. The van der Waals surface area contributed by atoms with Gasteiger partial charge in [0.25, 0.3) is 0 Å². The van der Waals surface area contributed by atoms with Gasteiger partial charge in [-0.05, 0) is 24.5 Å². The Labute approximate surface area is 110 Å². The normalized spacial score (nSPS) is 22.5. The van der Waals surface area contributed by atoms with Crippen LogP contribution in [0, 0.1) is 5.92 Å². The second-order valence-electron chi connectivity index (χ2n) is 4.81. The van der Waals surface area contributed by atoms with Gasteiger partial charge in [0.1, 0.15) is 11.5 Å². The molecule has 0 bridgehead atoms. The molecule has 1 aliphatic rings. The summed E-state index contributed by atoms with van der Waals surface area (Å²) < 4.78 is 5.77. The van der Waals surface area contributed by atoms with Gasteiger partial charge in [0.15, 0.2) is 0 Å². The van der Waals surface area contributed by atoms with E-state index in [0.717, 1.165) is 17.4 Å². The van der Waals surface area contributed by atoms with Crippen LogP contribution in [-0.2, 0) is 11.3 Å². The summed E-state index contributed by atoms with van der Waals surface area (Å²) in [7, 11) is 1.81. The smallest absolute Gasteiger partial charge is 0.223 e. The van der Waals surface area contributed by atoms with Crippen molar-refractivity contribution < 1.29 is 9.21 Å². The topological polar surface area (TPSA) is 33.5 Å². The molecule has 17 heavy (non-hydrogen) atoms. The van der Waals surface area contributed by atoms with Gasteiger partial charge in [0.2, 0.25) is 5.91 Å². The maximum Gasteiger partial charge on any atom is 0.223 e. The highest BCUT2D eigenvalue weighted by molar-refractivity contribution is 9.09. The average Bonchev–Trinajstić information content (AvgIpc) is 2.84. The lowest BCUT2D eigenvalue weighted by atomic mass is 10.3. The zero-order valence-electron chi connectivity index (χ0n) is 10.3. The van der Waals surface area contributed by atoms with Crippen LogP contribution in [0.1, 0.15) is 37.2 Å².